The van der Waals surface area contributed by atoms with Gasteiger partial charge in [-0.25, -0.2) is 0 Å². The first-order valence-electron chi connectivity index (χ1n) is 8.20. The number of nitrogens with one attached hydrogen (secondary N) is 1. The first kappa shape index (κ1) is 16.5. The maximum atomic E-state index is 5.26. The fraction of sp³-hybridized carbons (Fsp3) is 0.667. The topological polar surface area (TPSA) is 24.5 Å². The average Bonchev–Trinajstić information content (AvgIpc) is 2.49. The van der Waals surface area contributed by atoms with Crippen molar-refractivity contribution < 1.29 is 4.74 Å². The molecule has 1 heterocycles. The zero-order valence-electron chi connectivity index (χ0n) is 13.8. The summed E-state index contributed by atoms with van der Waals surface area (Å²) in [6.45, 7) is 9.72. The molecule has 2 rings (SSSR count). The lowest BCUT2D eigenvalue weighted by atomic mass is 9.97. The number of methoxy groups -OCH3 is 1. The molecule has 3 nitrogen and oxygen atoms in total. The van der Waals surface area contributed by atoms with E-state index in [0.29, 0.717) is 6.04 Å². The molecule has 1 N–H and O–H groups in total. The molecule has 0 aliphatic carbocycles. The summed E-state index contributed by atoms with van der Waals surface area (Å²) in [4.78, 5) is 2.56. The molecule has 0 amide bonds. The standard InChI is InChI=1S/C18H30N2O/c1-15(2)19-12-16-4-6-17(7-5-16)13-20-10-8-18(9-11-20)14-21-3/h4-7,15,18-19H,8-14H2,1-3H3. The lowest BCUT2D eigenvalue weighted by molar-refractivity contribution is 0.0968. The Labute approximate surface area is 129 Å². The van der Waals surface area contributed by atoms with Crippen molar-refractivity contribution in [3.8, 4) is 0 Å². The second-order valence-electron chi connectivity index (χ2n) is 6.53. The summed E-state index contributed by atoms with van der Waals surface area (Å²) >= 11 is 0. The monoisotopic (exact) mass is 290 g/mol. The summed E-state index contributed by atoms with van der Waals surface area (Å²) in [7, 11) is 1.81. The third-order valence-electron chi connectivity index (χ3n) is 4.25. The highest BCUT2D eigenvalue weighted by atomic mass is 16.5. The normalized spacial score (nSPS) is 17.5. The Balaban J connectivity index is 1.76. The van der Waals surface area contributed by atoms with Crippen molar-refractivity contribution >= 4 is 0 Å². The van der Waals surface area contributed by atoms with E-state index >= 15 is 0 Å². The molecule has 1 aromatic rings. The predicted molar refractivity (Wildman–Crippen MR) is 88.3 cm³/mol. The van der Waals surface area contributed by atoms with Crippen LogP contribution in [0.15, 0.2) is 24.3 Å². The van der Waals surface area contributed by atoms with E-state index in [-0.39, 0.29) is 0 Å². The zero-order chi connectivity index (χ0) is 15.1. The molecule has 1 fully saturated rings. The van der Waals surface area contributed by atoms with Crippen LogP contribution in [0.3, 0.4) is 0 Å². The molecule has 1 aromatic carbocycles. The number of benzene rings is 1. The van der Waals surface area contributed by atoms with Crippen LogP contribution in [0.1, 0.15) is 37.8 Å². The summed E-state index contributed by atoms with van der Waals surface area (Å²) in [6, 6.07) is 9.60. The Kier molecular flexibility index (Phi) is 6.68. The number of hydrogen-bond acceptors (Lipinski definition) is 3. The van der Waals surface area contributed by atoms with E-state index in [9.17, 15) is 0 Å². The van der Waals surface area contributed by atoms with Gasteiger partial charge in [0.25, 0.3) is 0 Å². The van der Waals surface area contributed by atoms with Gasteiger partial charge in [0.15, 0.2) is 0 Å². The van der Waals surface area contributed by atoms with Crippen molar-refractivity contribution in [2.75, 3.05) is 26.8 Å². The minimum Gasteiger partial charge on any atom is -0.384 e. The summed E-state index contributed by atoms with van der Waals surface area (Å²) < 4.78 is 5.26. The molecule has 118 valence electrons. The smallest absolute Gasteiger partial charge is 0.0491 e. The quantitative estimate of drug-likeness (QED) is 0.835. The third kappa shape index (κ3) is 5.77. The molecule has 1 saturated heterocycles. The largest absolute Gasteiger partial charge is 0.384 e. The Morgan fingerprint density at radius 1 is 1.14 bits per heavy atom. The fourth-order valence-electron chi connectivity index (χ4n) is 2.89. The van der Waals surface area contributed by atoms with Crippen LogP contribution < -0.4 is 5.32 Å². The van der Waals surface area contributed by atoms with Crippen LogP contribution in [0.5, 0.6) is 0 Å². The maximum absolute atomic E-state index is 5.26. The van der Waals surface area contributed by atoms with Crippen LogP contribution >= 0.6 is 0 Å². The molecule has 0 aromatic heterocycles. The SMILES string of the molecule is COCC1CCN(Cc2ccc(CNC(C)C)cc2)CC1. The van der Waals surface area contributed by atoms with Gasteiger partial charge in [-0.15, -0.1) is 0 Å². The number of rotatable bonds is 7. The Morgan fingerprint density at radius 3 is 2.33 bits per heavy atom. The number of ether oxygens (including phenoxy) is 1. The van der Waals surface area contributed by atoms with Crippen LogP contribution in [0.2, 0.25) is 0 Å². The molecule has 0 bridgehead atoms. The maximum Gasteiger partial charge on any atom is 0.0491 e. The Bertz CT molecular complexity index is 394. The van der Waals surface area contributed by atoms with Crippen LogP contribution in [0, 0.1) is 5.92 Å². The van der Waals surface area contributed by atoms with Crippen molar-refractivity contribution in [1.82, 2.24) is 10.2 Å². The van der Waals surface area contributed by atoms with Gasteiger partial charge in [0.1, 0.15) is 0 Å². The lowest BCUT2D eigenvalue weighted by Gasteiger charge is -2.31. The van der Waals surface area contributed by atoms with Crippen LogP contribution in [-0.4, -0.2) is 37.7 Å². The lowest BCUT2D eigenvalue weighted by Crippen LogP contribution is -2.34. The van der Waals surface area contributed by atoms with Crippen LogP contribution in [0.25, 0.3) is 0 Å². The van der Waals surface area contributed by atoms with E-state index in [1.165, 1.54) is 37.1 Å². The molecule has 1 aliphatic heterocycles. The summed E-state index contributed by atoms with van der Waals surface area (Å²) in [5, 5.41) is 3.46. The van der Waals surface area contributed by atoms with E-state index in [2.05, 4.69) is 48.3 Å². The van der Waals surface area contributed by atoms with E-state index in [1.807, 2.05) is 7.11 Å². The van der Waals surface area contributed by atoms with E-state index < -0.39 is 0 Å². The minimum absolute atomic E-state index is 0.540. The van der Waals surface area contributed by atoms with Gasteiger partial charge in [0.2, 0.25) is 0 Å². The van der Waals surface area contributed by atoms with Gasteiger partial charge in [0, 0.05) is 32.8 Å². The molecule has 0 saturated carbocycles. The third-order valence-corrected chi connectivity index (χ3v) is 4.25. The van der Waals surface area contributed by atoms with Gasteiger partial charge in [-0.05, 0) is 43.0 Å². The van der Waals surface area contributed by atoms with Crippen molar-refractivity contribution in [2.45, 2.75) is 45.8 Å². The van der Waals surface area contributed by atoms with Gasteiger partial charge in [-0.1, -0.05) is 38.1 Å². The molecule has 0 unspecified atom stereocenters. The number of nitrogens with zero attached hydrogens (tertiary/aromatic N) is 1. The average molecular weight is 290 g/mol. The molecule has 0 radical (unpaired) electrons. The summed E-state index contributed by atoms with van der Waals surface area (Å²) in [5.41, 5.74) is 2.79. The Morgan fingerprint density at radius 2 is 1.76 bits per heavy atom. The van der Waals surface area contributed by atoms with E-state index in [0.717, 1.165) is 25.6 Å². The molecule has 3 heteroatoms. The molecular weight excluding hydrogens is 260 g/mol. The van der Waals surface area contributed by atoms with Crippen molar-refractivity contribution in [2.24, 2.45) is 5.92 Å². The van der Waals surface area contributed by atoms with Crippen LogP contribution in [0.4, 0.5) is 0 Å². The first-order valence-corrected chi connectivity index (χ1v) is 8.20. The summed E-state index contributed by atoms with van der Waals surface area (Å²) in [6.07, 6.45) is 2.54. The van der Waals surface area contributed by atoms with Crippen LogP contribution in [-0.2, 0) is 17.8 Å². The Hall–Kier alpha value is -0.900. The molecule has 0 atom stereocenters. The zero-order valence-corrected chi connectivity index (χ0v) is 13.8. The number of hydrogen-bond donors (Lipinski definition) is 1. The predicted octanol–water partition coefficient (Wildman–Crippen LogP) is 3.04. The highest BCUT2D eigenvalue weighted by Crippen LogP contribution is 2.19. The van der Waals surface area contributed by atoms with Gasteiger partial charge in [-0.3, -0.25) is 4.90 Å². The highest BCUT2D eigenvalue weighted by molar-refractivity contribution is 5.22. The molecule has 21 heavy (non-hydrogen) atoms. The van der Waals surface area contributed by atoms with Crippen molar-refractivity contribution in [3.63, 3.8) is 0 Å². The second kappa shape index (κ2) is 8.52. The van der Waals surface area contributed by atoms with E-state index in [4.69, 9.17) is 4.74 Å². The number of piperidine rings is 1. The fourth-order valence-corrected chi connectivity index (χ4v) is 2.89. The van der Waals surface area contributed by atoms with E-state index in [1.54, 1.807) is 0 Å². The van der Waals surface area contributed by atoms with Gasteiger partial charge < -0.3 is 10.1 Å². The second-order valence-corrected chi connectivity index (χ2v) is 6.53. The number of likely N-dealkylation sites (tertiary alicyclic amines) is 1. The summed E-state index contributed by atoms with van der Waals surface area (Å²) in [5.74, 6) is 0.760. The van der Waals surface area contributed by atoms with Crippen molar-refractivity contribution in [1.29, 1.82) is 0 Å². The minimum atomic E-state index is 0.540. The first-order chi connectivity index (χ1) is 10.2. The molecule has 0 spiro atoms. The highest BCUT2D eigenvalue weighted by Gasteiger charge is 2.18. The molecular formula is C18H30N2O. The van der Waals surface area contributed by atoms with Gasteiger partial charge >= 0.3 is 0 Å². The van der Waals surface area contributed by atoms with Gasteiger partial charge in [0.05, 0.1) is 0 Å². The van der Waals surface area contributed by atoms with Gasteiger partial charge in [-0.2, -0.15) is 0 Å². The molecule has 1 aliphatic rings. The van der Waals surface area contributed by atoms with Crippen molar-refractivity contribution in [3.05, 3.63) is 35.4 Å².